The molecule has 0 radical (unpaired) electrons. The Hall–Kier alpha value is -3.10. The van der Waals surface area contributed by atoms with Crippen molar-refractivity contribution in [3.63, 3.8) is 0 Å². The number of fused-ring (bicyclic) bond motifs is 3. The van der Waals surface area contributed by atoms with Crippen molar-refractivity contribution >= 4 is 39.5 Å². The summed E-state index contributed by atoms with van der Waals surface area (Å²) in [5.41, 5.74) is 3.30. The Morgan fingerprint density at radius 1 is 1.03 bits per heavy atom. The van der Waals surface area contributed by atoms with Gasteiger partial charge in [0.2, 0.25) is 5.91 Å². The third kappa shape index (κ3) is 3.76. The van der Waals surface area contributed by atoms with E-state index in [1.165, 1.54) is 11.8 Å². The van der Waals surface area contributed by atoms with Crippen LogP contribution in [0.15, 0.2) is 65.7 Å². The van der Waals surface area contributed by atoms with E-state index in [4.69, 9.17) is 0 Å². The Balaban J connectivity index is 1.65. The minimum absolute atomic E-state index is 0.0166. The summed E-state index contributed by atoms with van der Waals surface area (Å²) in [6, 6.07) is 21.8. The smallest absolute Gasteiger partial charge is 0.241 e. The molecule has 4 nitrogen and oxygen atoms in total. The second kappa shape index (κ2) is 8.50. The fourth-order valence-electron chi connectivity index (χ4n) is 3.56. The van der Waals surface area contributed by atoms with Crippen LogP contribution in [0.3, 0.4) is 0 Å². The average Bonchev–Trinajstić information content (AvgIpc) is 3.10. The lowest BCUT2D eigenvalue weighted by Crippen LogP contribution is -2.13. The zero-order valence-electron chi connectivity index (χ0n) is 16.3. The monoisotopic (exact) mass is 399 g/mol. The number of nitriles is 1. The second-order valence-electron chi connectivity index (χ2n) is 6.92. The van der Waals surface area contributed by atoms with Gasteiger partial charge in [-0.2, -0.15) is 5.26 Å². The molecule has 2 aromatic heterocycles. The third-order valence-corrected chi connectivity index (χ3v) is 5.96. The standard InChI is InChI=1S/C24H21N3OS/c1-2-3-8-18-14-13-17(15-25)24(26-18)29-16-23(28)27-21-11-6-4-9-19(21)20-10-5-7-12-22(20)27/h4-7,9-14H,2-3,8,16H2,1H3. The lowest BCUT2D eigenvalue weighted by atomic mass is 10.2. The molecule has 0 unspecified atom stereocenters. The van der Waals surface area contributed by atoms with Gasteiger partial charge in [-0.1, -0.05) is 61.5 Å². The minimum atomic E-state index is -0.0166. The zero-order valence-corrected chi connectivity index (χ0v) is 17.1. The molecule has 0 N–H and O–H groups in total. The molecular weight excluding hydrogens is 378 g/mol. The molecule has 0 aliphatic heterocycles. The summed E-state index contributed by atoms with van der Waals surface area (Å²) >= 11 is 1.34. The van der Waals surface area contributed by atoms with Gasteiger partial charge in [-0.15, -0.1) is 0 Å². The number of aromatic nitrogens is 2. The molecule has 0 fully saturated rings. The first kappa shape index (κ1) is 19.2. The number of thioether (sulfide) groups is 1. The van der Waals surface area contributed by atoms with E-state index in [-0.39, 0.29) is 11.7 Å². The highest BCUT2D eigenvalue weighted by atomic mass is 32.2. The number of rotatable bonds is 6. The number of benzene rings is 2. The van der Waals surface area contributed by atoms with Gasteiger partial charge in [-0.3, -0.25) is 9.36 Å². The molecule has 0 spiro atoms. The molecule has 144 valence electrons. The number of para-hydroxylation sites is 2. The zero-order chi connectivity index (χ0) is 20.2. The molecule has 0 bridgehead atoms. The third-order valence-electron chi connectivity index (χ3n) is 4.99. The van der Waals surface area contributed by atoms with Gasteiger partial charge in [-0.25, -0.2) is 4.98 Å². The summed E-state index contributed by atoms with van der Waals surface area (Å²) in [4.78, 5) is 17.8. The summed E-state index contributed by atoms with van der Waals surface area (Å²) in [6.45, 7) is 2.14. The summed E-state index contributed by atoms with van der Waals surface area (Å²) in [5.74, 6) is 0.207. The van der Waals surface area contributed by atoms with E-state index in [2.05, 4.69) is 18.0 Å². The highest BCUT2D eigenvalue weighted by Gasteiger charge is 2.17. The largest absolute Gasteiger partial charge is 0.279 e. The predicted molar refractivity (Wildman–Crippen MR) is 118 cm³/mol. The van der Waals surface area contributed by atoms with Crippen LogP contribution < -0.4 is 0 Å². The molecule has 2 heterocycles. The maximum absolute atomic E-state index is 13.2. The van der Waals surface area contributed by atoms with Crippen molar-refractivity contribution in [2.24, 2.45) is 0 Å². The van der Waals surface area contributed by atoms with E-state index in [1.807, 2.05) is 60.7 Å². The number of pyridine rings is 1. The molecule has 2 aromatic carbocycles. The van der Waals surface area contributed by atoms with Gasteiger partial charge in [0, 0.05) is 16.5 Å². The fraction of sp³-hybridized carbons (Fsp3) is 0.208. The van der Waals surface area contributed by atoms with Gasteiger partial charge >= 0.3 is 0 Å². The number of hydrogen-bond donors (Lipinski definition) is 0. The van der Waals surface area contributed by atoms with E-state index < -0.39 is 0 Å². The molecule has 4 aromatic rings. The Bertz CT molecular complexity index is 1180. The van der Waals surface area contributed by atoms with Crippen LogP contribution in [0.25, 0.3) is 21.8 Å². The quantitative estimate of drug-likeness (QED) is 0.382. The highest BCUT2D eigenvalue weighted by Crippen LogP contribution is 2.30. The van der Waals surface area contributed by atoms with Gasteiger partial charge in [0.05, 0.1) is 22.3 Å². The van der Waals surface area contributed by atoms with Gasteiger partial charge in [0.1, 0.15) is 11.1 Å². The Morgan fingerprint density at radius 2 is 1.69 bits per heavy atom. The van der Waals surface area contributed by atoms with Crippen LogP contribution in [0.4, 0.5) is 0 Å². The first-order valence-corrected chi connectivity index (χ1v) is 10.8. The van der Waals surface area contributed by atoms with Crippen molar-refractivity contribution in [2.75, 3.05) is 5.75 Å². The average molecular weight is 400 g/mol. The van der Waals surface area contributed by atoms with Crippen molar-refractivity contribution in [2.45, 2.75) is 31.2 Å². The molecule has 29 heavy (non-hydrogen) atoms. The lowest BCUT2D eigenvalue weighted by molar-refractivity contribution is 0.0951. The van der Waals surface area contributed by atoms with Gasteiger partial charge in [0.25, 0.3) is 0 Å². The van der Waals surface area contributed by atoms with Gasteiger partial charge in [-0.05, 0) is 37.1 Å². The highest BCUT2D eigenvalue weighted by molar-refractivity contribution is 8.00. The van der Waals surface area contributed by atoms with Gasteiger partial charge in [0.15, 0.2) is 0 Å². The maximum atomic E-state index is 13.2. The van der Waals surface area contributed by atoms with E-state index in [1.54, 1.807) is 4.57 Å². The van der Waals surface area contributed by atoms with Crippen LogP contribution >= 0.6 is 11.8 Å². The number of carbonyl (C=O) groups excluding carboxylic acids is 1. The molecule has 0 amide bonds. The number of carbonyl (C=O) groups is 1. The van der Waals surface area contributed by atoms with Crippen molar-refractivity contribution in [3.8, 4) is 6.07 Å². The van der Waals surface area contributed by atoms with Crippen LogP contribution in [0.2, 0.25) is 0 Å². The molecule has 0 saturated carbocycles. The summed E-state index contributed by atoms with van der Waals surface area (Å²) in [6.07, 6.45) is 3.04. The lowest BCUT2D eigenvalue weighted by Gasteiger charge is -2.08. The maximum Gasteiger partial charge on any atom is 0.241 e. The topological polar surface area (TPSA) is 58.7 Å². The van der Waals surface area contributed by atoms with Crippen molar-refractivity contribution < 1.29 is 4.79 Å². The summed E-state index contributed by atoms with van der Waals surface area (Å²) in [5, 5.41) is 12.2. The number of hydrogen-bond acceptors (Lipinski definition) is 4. The Labute approximate surface area is 174 Å². The van der Waals surface area contributed by atoms with E-state index in [9.17, 15) is 10.1 Å². The first-order valence-electron chi connectivity index (χ1n) is 9.77. The van der Waals surface area contributed by atoms with Crippen molar-refractivity contribution in [1.29, 1.82) is 5.26 Å². The molecular formula is C24H21N3OS. The van der Waals surface area contributed by atoms with Crippen LogP contribution in [-0.4, -0.2) is 21.2 Å². The molecule has 0 atom stereocenters. The number of nitrogens with zero attached hydrogens (tertiary/aromatic N) is 3. The van der Waals surface area contributed by atoms with E-state index in [0.717, 1.165) is 46.8 Å². The Morgan fingerprint density at radius 3 is 2.31 bits per heavy atom. The SMILES string of the molecule is CCCCc1ccc(C#N)c(SCC(=O)n2c3ccccc3c3ccccc32)n1. The van der Waals surface area contributed by atoms with Crippen molar-refractivity contribution in [1.82, 2.24) is 9.55 Å². The number of unbranched alkanes of at least 4 members (excludes halogenated alkanes) is 1. The van der Waals surface area contributed by atoms with Crippen LogP contribution in [0.5, 0.6) is 0 Å². The fourth-order valence-corrected chi connectivity index (χ4v) is 4.40. The second-order valence-corrected chi connectivity index (χ2v) is 7.89. The van der Waals surface area contributed by atoms with E-state index >= 15 is 0 Å². The Kier molecular flexibility index (Phi) is 5.64. The number of aryl methyl sites for hydroxylation is 1. The molecule has 5 heteroatoms. The molecule has 0 saturated heterocycles. The first-order chi connectivity index (χ1) is 14.2. The predicted octanol–water partition coefficient (Wildman–Crippen LogP) is 5.84. The van der Waals surface area contributed by atoms with Crippen LogP contribution in [0, 0.1) is 11.3 Å². The molecule has 4 rings (SSSR count). The minimum Gasteiger partial charge on any atom is -0.279 e. The van der Waals surface area contributed by atoms with Crippen LogP contribution in [0.1, 0.15) is 35.8 Å². The molecule has 0 aliphatic carbocycles. The molecule has 0 aliphatic rings. The van der Waals surface area contributed by atoms with Crippen LogP contribution in [-0.2, 0) is 6.42 Å². The summed E-state index contributed by atoms with van der Waals surface area (Å²) < 4.78 is 1.78. The normalized spacial score (nSPS) is 11.0. The van der Waals surface area contributed by atoms with E-state index in [0.29, 0.717) is 10.6 Å². The van der Waals surface area contributed by atoms with Gasteiger partial charge < -0.3 is 0 Å². The summed E-state index contributed by atoms with van der Waals surface area (Å²) in [7, 11) is 0. The van der Waals surface area contributed by atoms with Crippen molar-refractivity contribution in [3.05, 3.63) is 71.9 Å².